The molecule has 0 unspecified atom stereocenters. The number of unbranched alkanes of at least 4 members (excludes halogenated alkanes) is 1. The Labute approximate surface area is 258 Å². The standard InChI is InChI=1S/C34H39Cl2N3O3/c35-27-12-14-28(31(36)21-27)24-7-9-26(10-8-24)34(41)38-17-3-4-18-39-19-15-25(16-20-39)30-13-11-23-5-1-2-6-29(23)33(30)42-22-32(37)40/h7-14,21,25H,1-6,15-20,22H2,(H2,37,40)(H,38,41). The third-order valence-electron chi connectivity index (χ3n) is 8.47. The zero-order valence-electron chi connectivity index (χ0n) is 24.0. The second-order valence-electron chi connectivity index (χ2n) is 11.4. The Morgan fingerprint density at radius 3 is 2.45 bits per heavy atom. The maximum Gasteiger partial charge on any atom is 0.255 e. The molecule has 8 heteroatoms. The first-order valence-electron chi connectivity index (χ1n) is 15.0. The number of hydrogen-bond acceptors (Lipinski definition) is 4. The summed E-state index contributed by atoms with van der Waals surface area (Å²) in [6, 6.07) is 17.4. The zero-order chi connectivity index (χ0) is 29.5. The molecular formula is C34H39Cl2N3O3. The van der Waals surface area contributed by atoms with Crippen molar-refractivity contribution in [3.05, 3.63) is 86.9 Å². The van der Waals surface area contributed by atoms with Gasteiger partial charge in [-0.2, -0.15) is 0 Å². The van der Waals surface area contributed by atoms with Crippen molar-refractivity contribution in [2.45, 2.75) is 57.3 Å². The molecule has 1 saturated heterocycles. The molecule has 0 spiro atoms. The molecule has 0 bridgehead atoms. The van der Waals surface area contributed by atoms with E-state index in [4.69, 9.17) is 33.7 Å². The fourth-order valence-corrected chi connectivity index (χ4v) is 6.72. The van der Waals surface area contributed by atoms with Gasteiger partial charge in [-0.3, -0.25) is 9.59 Å². The van der Waals surface area contributed by atoms with Crippen molar-refractivity contribution in [1.82, 2.24) is 10.2 Å². The van der Waals surface area contributed by atoms with Crippen molar-refractivity contribution >= 4 is 35.0 Å². The number of ether oxygens (including phenoxy) is 1. The first-order chi connectivity index (χ1) is 20.4. The largest absolute Gasteiger partial charge is 0.483 e. The van der Waals surface area contributed by atoms with Crippen molar-refractivity contribution in [3.63, 3.8) is 0 Å². The number of nitrogens with zero attached hydrogens (tertiary/aromatic N) is 1. The summed E-state index contributed by atoms with van der Waals surface area (Å²) in [5, 5.41) is 4.23. The molecule has 3 aromatic rings. The van der Waals surface area contributed by atoms with E-state index in [-0.39, 0.29) is 12.5 Å². The topological polar surface area (TPSA) is 84.7 Å². The lowest BCUT2D eigenvalue weighted by molar-refractivity contribution is -0.120. The number of halogens is 2. The van der Waals surface area contributed by atoms with Gasteiger partial charge in [-0.1, -0.05) is 53.5 Å². The Bertz CT molecular complexity index is 1400. The number of benzene rings is 3. The lowest BCUT2D eigenvalue weighted by atomic mass is 9.83. The first kappa shape index (κ1) is 30.4. The Kier molecular flexibility index (Phi) is 10.4. The number of carbonyl (C=O) groups excluding carboxylic acids is 2. The van der Waals surface area contributed by atoms with Crippen LogP contribution >= 0.6 is 23.2 Å². The van der Waals surface area contributed by atoms with E-state index in [1.165, 1.54) is 23.1 Å². The van der Waals surface area contributed by atoms with Gasteiger partial charge in [0.2, 0.25) is 0 Å². The number of nitrogens with two attached hydrogens (primary N) is 1. The summed E-state index contributed by atoms with van der Waals surface area (Å²) in [5.41, 5.74) is 11.7. The van der Waals surface area contributed by atoms with E-state index in [9.17, 15) is 9.59 Å². The lowest BCUT2D eigenvalue weighted by Gasteiger charge is -2.34. The molecule has 0 radical (unpaired) electrons. The van der Waals surface area contributed by atoms with Gasteiger partial charge in [0.1, 0.15) is 5.75 Å². The van der Waals surface area contributed by atoms with E-state index in [0.29, 0.717) is 28.1 Å². The second-order valence-corrected chi connectivity index (χ2v) is 12.2. The summed E-state index contributed by atoms with van der Waals surface area (Å²) in [6.07, 6.45) is 8.56. The molecule has 3 N–H and O–H groups in total. The molecule has 3 aromatic carbocycles. The van der Waals surface area contributed by atoms with E-state index in [0.717, 1.165) is 81.5 Å². The molecule has 1 aliphatic heterocycles. The predicted octanol–water partition coefficient (Wildman–Crippen LogP) is 6.79. The number of carbonyl (C=O) groups is 2. The Morgan fingerprint density at radius 1 is 0.952 bits per heavy atom. The smallest absolute Gasteiger partial charge is 0.255 e. The van der Waals surface area contributed by atoms with Gasteiger partial charge < -0.3 is 20.7 Å². The van der Waals surface area contributed by atoms with E-state index in [1.807, 2.05) is 30.3 Å². The van der Waals surface area contributed by atoms with Crippen LogP contribution < -0.4 is 15.8 Å². The molecule has 42 heavy (non-hydrogen) atoms. The highest BCUT2D eigenvalue weighted by Crippen LogP contribution is 2.40. The molecule has 1 aliphatic carbocycles. The highest BCUT2D eigenvalue weighted by Gasteiger charge is 2.26. The maximum atomic E-state index is 12.6. The van der Waals surface area contributed by atoms with Crippen LogP contribution in [0.5, 0.6) is 5.75 Å². The molecule has 222 valence electrons. The quantitative estimate of drug-likeness (QED) is 0.235. The summed E-state index contributed by atoms with van der Waals surface area (Å²) in [5.74, 6) is 0.850. The van der Waals surface area contributed by atoms with Crippen LogP contribution in [0.25, 0.3) is 11.1 Å². The number of primary amides is 1. The fourth-order valence-electron chi connectivity index (χ4n) is 6.20. The molecule has 0 saturated carbocycles. The van der Waals surface area contributed by atoms with Crippen molar-refractivity contribution in [2.24, 2.45) is 5.73 Å². The Balaban J connectivity index is 1.05. The van der Waals surface area contributed by atoms with Crippen LogP contribution in [0, 0.1) is 0 Å². The van der Waals surface area contributed by atoms with Gasteiger partial charge in [-0.25, -0.2) is 0 Å². The van der Waals surface area contributed by atoms with Crippen LogP contribution in [-0.4, -0.2) is 49.5 Å². The molecule has 1 fully saturated rings. The van der Waals surface area contributed by atoms with Crippen molar-refractivity contribution in [2.75, 3.05) is 32.8 Å². The SMILES string of the molecule is NC(=O)COc1c(C2CCN(CCCCNC(=O)c3ccc(-c4ccc(Cl)cc4Cl)cc3)CC2)ccc2c1CCCC2. The second kappa shape index (κ2) is 14.4. The minimum absolute atomic E-state index is 0.0658. The lowest BCUT2D eigenvalue weighted by Crippen LogP contribution is -2.34. The van der Waals surface area contributed by atoms with Crippen molar-refractivity contribution in [3.8, 4) is 16.9 Å². The Morgan fingerprint density at radius 2 is 1.71 bits per heavy atom. The van der Waals surface area contributed by atoms with Crippen molar-refractivity contribution < 1.29 is 14.3 Å². The number of hydrogen-bond donors (Lipinski definition) is 2. The summed E-state index contributed by atoms with van der Waals surface area (Å²) in [6.45, 7) is 3.67. The van der Waals surface area contributed by atoms with E-state index in [1.54, 1.807) is 12.1 Å². The number of piperidine rings is 1. The average Bonchev–Trinajstić information content (AvgIpc) is 3.00. The minimum Gasteiger partial charge on any atom is -0.483 e. The van der Waals surface area contributed by atoms with Gasteiger partial charge in [-0.15, -0.1) is 0 Å². The van der Waals surface area contributed by atoms with Crippen LogP contribution in [0.15, 0.2) is 54.6 Å². The molecule has 2 aliphatic rings. The molecule has 5 rings (SSSR count). The minimum atomic E-state index is -0.433. The number of amides is 2. The van der Waals surface area contributed by atoms with Gasteiger partial charge >= 0.3 is 0 Å². The van der Waals surface area contributed by atoms with Crippen molar-refractivity contribution in [1.29, 1.82) is 0 Å². The van der Waals surface area contributed by atoms with Gasteiger partial charge in [0.05, 0.1) is 0 Å². The third kappa shape index (κ3) is 7.66. The molecule has 6 nitrogen and oxygen atoms in total. The fraction of sp³-hybridized carbons (Fsp3) is 0.412. The Hall–Kier alpha value is -3.06. The summed E-state index contributed by atoms with van der Waals surface area (Å²) in [7, 11) is 0. The monoisotopic (exact) mass is 607 g/mol. The van der Waals surface area contributed by atoms with Gasteiger partial charge in [0.25, 0.3) is 11.8 Å². The number of likely N-dealkylation sites (tertiary alicyclic amines) is 1. The van der Waals surface area contributed by atoms with Crippen LogP contribution in [0.4, 0.5) is 0 Å². The summed E-state index contributed by atoms with van der Waals surface area (Å²) in [4.78, 5) is 26.6. The number of rotatable bonds is 11. The van der Waals surface area contributed by atoms with Gasteiger partial charge in [0.15, 0.2) is 6.61 Å². The van der Waals surface area contributed by atoms with Gasteiger partial charge in [-0.05, 0) is 123 Å². The predicted molar refractivity (Wildman–Crippen MR) is 170 cm³/mol. The van der Waals surface area contributed by atoms with Crippen LogP contribution in [0.3, 0.4) is 0 Å². The van der Waals surface area contributed by atoms with Crippen LogP contribution in [0.2, 0.25) is 10.0 Å². The molecule has 2 amide bonds. The molecule has 0 atom stereocenters. The first-order valence-corrected chi connectivity index (χ1v) is 15.8. The maximum absolute atomic E-state index is 12.6. The number of fused-ring (bicyclic) bond motifs is 1. The van der Waals surface area contributed by atoms with Crippen LogP contribution in [0.1, 0.15) is 71.5 Å². The third-order valence-corrected chi connectivity index (χ3v) is 9.02. The normalized spacial score (nSPS) is 15.7. The highest BCUT2D eigenvalue weighted by molar-refractivity contribution is 6.36. The molecule has 0 aromatic heterocycles. The average molecular weight is 609 g/mol. The zero-order valence-corrected chi connectivity index (χ0v) is 25.5. The summed E-state index contributed by atoms with van der Waals surface area (Å²) >= 11 is 12.3. The van der Waals surface area contributed by atoms with Gasteiger partial charge in [0, 0.05) is 27.7 Å². The van der Waals surface area contributed by atoms with E-state index >= 15 is 0 Å². The van der Waals surface area contributed by atoms with E-state index in [2.05, 4.69) is 22.3 Å². The molecule has 1 heterocycles. The van der Waals surface area contributed by atoms with E-state index < -0.39 is 5.91 Å². The number of aryl methyl sites for hydroxylation is 1. The van der Waals surface area contributed by atoms with Crippen LogP contribution in [-0.2, 0) is 17.6 Å². The highest BCUT2D eigenvalue weighted by atomic mass is 35.5. The number of nitrogens with one attached hydrogen (secondary N) is 1. The summed E-state index contributed by atoms with van der Waals surface area (Å²) < 4.78 is 6.02. The molecular weight excluding hydrogens is 569 g/mol.